The second-order valence-electron chi connectivity index (χ2n) is 6.00. The van der Waals surface area contributed by atoms with E-state index in [0.717, 1.165) is 38.2 Å². The van der Waals surface area contributed by atoms with Crippen molar-refractivity contribution in [1.82, 2.24) is 20.1 Å². The van der Waals surface area contributed by atoms with E-state index in [1.54, 1.807) is 6.20 Å². The fourth-order valence-corrected chi connectivity index (χ4v) is 3.18. The first kappa shape index (κ1) is 20.7. The summed E-state index contributed by atoms with van der Waals surface area (Å²) in [6, 6.07) is 3.82. The third-order valence-electron chi connectivity index (χ3n) is 4.41. The lowest BCUT2D eigenvalue weighted by Gasteiger charge is -2.41. The van der Waals surface area contributed by atoms with Gasteiger partial charge in [0.05, 0.1) is 12.1 Å². The maximum absolute atomic E-state index is 12.6. The molecule has 0 saturated carbocycles. The summed E-state index contributed by atoms with van der Waals surface area (Å²) in [7, 11) is 0. The molecule has 8 heteroatoms. The number of piperidine rings is 1. The number of carbonyl (C=O) groups is 2. The molecule has 3 rings (SSSR count). The molecule has 24 heavy (non-hydrogen) atoms. The molecule has 1 aromatic heterocycles. The zero-order chi connectivity index (χ0) is 15.5. The van der Waals surface area contributed by atoms with Gasteiger partial charge in [0.1, 0.15) is 0 Å². The molecule has 1 unspecified atom stereocenters. The van der Waals surface area contributed by atoms with Crippen LogP contribution in [0.4, 0.5) is 0 Å². The van der Waals surface area contributed by atoms with Crippen LogP contribution in [0.5, 0.6) is 0 Å². The summed E-state index contributed by atoms with van der Waals surface area (Å²) in [5.74, 6) is 0.155. The largest absolute Gasteiger partial charge is 0.337 e. The number of nitrogens with one attached hydrogen (secondary N) is 1. The number of halogens is 2. The molecule has 134 valence electrons. The van der Waals surface area contributed by atoms with E-state index in [0.29, 0.717) is 18.7 Å². The van der Waals surface area contributed by atoms with Crippen LogP contribution in [-0.2, 0) is 4.79 Å². The Balaban J connectivity index is 0.00000144. The molecule has 1 N–H and O–H groups in total. The van der Waals surface area contributed by atoms with Crippen molar-refractivity contribution >= 4 is 36.6 Å². The van der Waals surface area contributed by atoms with Gasteiger partial charge in [-0.15, -0.1) is 24.8 Å². The van der Waals surface area contributed by atoms with Crippen molar-refractivity contribution in [3.05, 3.63) is 29.6 Å². The Morgan fingerprint density at radius 3 is 2.75 bits per heavy atom. The standard InChI is InChI=1S/C16H22N4O2.2ClH/c1-12-4-5-13(9-18-12)16(22)19-7-2-3-14(11-19)20-8-6-17-10-15(20)21;;/h4-5,9,14,17H,2-3,6-8,10-11H2,1H3;2*1H. The highest BCUT2D eigenvalue weighted by Crippen LogP contribution is 2.19. The smallest absolute Gasteiger partial charge is 0.255 e. The SMILES string of the molecule is Cc1ccc(C(=O)N2CCCC(N3CCNCC3=O)C2)cn1.Cl.Cl. The molecule has 1 aromatic rings. The van der Waals surface area contributed by atoms with Gasteiger partial charge in [-0.3, -0.25) is 14.6 Å². The molecule has 3 heterocycles. The number of rotatable bonds is 2. The quantitative estimate of drug-likeness (QED) is 0.846. The molecule has 0 aromatic carbocycles. The van der Waals surface area contributed by atoms with Crippen LogP contribution in [0.15, 0.2) is 18.3 Å². The zero-order valence-electron chi connectivity index (χ0n) is 13.7. The minimum absolute atomic E-state index is 0. The van der Waals surface area contributed by atoms with Crippen molar-refractivity contribution in [2.75, 3.05) is 32.7 Å². The second-order valence-corrected chi connectivity index (χ2v) is 6.00. The molecule has 0 radical (unpaired) electrons. The van der Waals surface area contributed by atoms with Crippen molar-refractivity contribution in [1.29, 1.82) is 0 Å². The fourth-order valence-electron chi connectivity index (χ4n) is 3.18. The predicted molar refractivity (Wildman–Crippen MR) is 97.0 cm³/mol. The minimum atomic E-state index is 0. The molecular formula is C16H24Cl2N4O2. The first-order valence-corrected chi connectivity index (χ1v) is 7.87. The summed E-state index contributed by atoms with van der Waals surface area (Å²) in [6.07, 6.45) is 3.55. The van der Waals surface area contributed by atoms with Gasteiger partial charge in [-0.25, -0.2) is 0 Å². The number of pyridine rings is 1. The van der Waals surface area contributed by atoms with Crippen LogP contribution >= 0.6 is 24.8 Å². The van der Waals surface area contributed by atoms with Crippen LogP contribution in [0.2, 0.25) is 0 Å². The number of hydrogen-bond donors (Lipinski definition) is 1. The lowest BCUT2D eigenvalue weighted by atomic mass is 10.0. The Hall–Kier alpha value is -1.37. The number of aryl methyl sites for hydroxylation is 1. The molecule has 1 atom stereocenters. The van der Waals surface area contributed by atoms with Crippen molar-refractivity contribution in [2.24, 2.45) is 0 Å². The molecule has 2 fully saturated rings. The number of likely N-dealkylation sites (tertiary alicyclic amines) is 1. The van der Waals surface area contributed by atoms with Gasteiger partial charge in [0.2, 0.25) is 5.91 Å². The Morgan fingerprint density at radius 2 is 2.08 bits per heavy atom. The van der Waals surface area contributed by atoms with Crippen molar-refractivity contribution in [3.63, 3.8) is 0 Å². The van der Waals surface area contributed by atoms with E-state index in [9.17, 15) is 9.59 Å². The lowest BCUT2D eigenvalue weighted by Crippen LogP contribution is -2.57. The first-order valence-electron chi connectivity index (χ1n) is 7.87. The molecule has 2 amide bonds. The zero-order valence-corrected chi connectivity index (χ0v) is 15.4. The Kier molecular flexibility index (Phi) is 7.93. The van der Waals surface area contributed by atoms with Crippen molar-refractivity contribution < 1.29 is 9.59 Å². The molecule has 2 aliphatic heterocycles. The van der Waals surface area contributed by atoms with E-state index in [2.05, 4.69) is 10.3 Å². The number of hydrogen-bond acceptors (Lipinski definition) is 4. The highest BCUT2D eigenvalue weighted by molar-refractivity contribution is 5.94. The molecular weight excluding hydrogens is 351 g/mol. The molecule has 2 aliphatic rings. The van der Waals surface area contributed by atoms with E-state index in [1.165, 1.54) is 0 Å². The summed E-state index contributed by atoms with van der Waals surface area (Å²) >= 11 is 0. The van der Waals surface area contributed by atoms with Gasteiger partial charge < -0.3 is 15.1 Å². The average Bonchev–Trinajstić information content (AvgIpc) is 2.55. The number of aromatic nitrogens is 1. The van der Waals surface area contributed by atoms with Crippen molar-refractivity contribution in [3.8, 4) is 0 Å². The maximum Gasteiger partial charge on any atom is 0.255 e. The van der Waals surface area contributed by atoms with Crippen LogP contribution < -0.4 is 5.32 Å². The number of carbonyl (C=O) groups excluding carboxylic acids is 2. The summed E-state index contributed by atoms with van der Waals surface area (Å²) < 4.78 is 0. The van der Waals surface area contributed by atoms with Gasteiger partial charge in [0.25, 0.3) is 5.91 Å². The van der Waals surface area contributed by atoms with Gasteiger partial charge in [-0.2, -0.15) is 0 Å². The van der Waals surface area contributed by atoms with Gasteiger partial charge in [-0.1, -0.05) is 0 Å². The topological polar surface area (TPSA) is 65.5 Å². The van der Waals surface area contributed by atoms with E-state index in [-0.39, 0.29) is 42.7 Å². The monoisotopic (exact) mass is 374 g/mol. The molecule has 6 nitrogen and oxygen atoms in total. The Morgan fingerprint density at radius 1 is 1.29 bits per heavy atom. The molecule has 2 saturated heterocycles. The third kappa shape index (κ3) is 4.59. The highest BCUT2D eigenvalue weighted by Gasteiger charge is 2.31. The van der Waals surface area contributed by atoms with E-state index in [4.69, 9.17) is 0 Å². The molecule has 0 aliphatic carbocycles. The maximum atomic E-state index is 12.6. The Bertz CT molecular complexity index is 568. The summed E-state index contributed by atoms with van der Waals surface area (Å²) in [4.78, 5) is 32.6. The summed E-state index contributed by atoms with van der Waals surface area (Å²) in [6.45, 7) is 5.26. The Labute approximate surface area is 154 Å². The molecule has 0 spiro atoms. The average molecular weight is 375 g/mol. The highest BCUT2D eigenvalue weighted by atomic mass is 35.5. The van der Waals surface area contributed by atoms with Crippen LogP contribution in [0.3, 0.4) is 0 Å². The number of nitrogens with zero attached hydrogens (tertiary/aromatic N) is 3. The van der Waals surface area contributed by atoms with Gasteiger partial charge in [-0.05, 0) is 31.9 Å². The normalized spacial score (nSPS) is 20.9. The van der Waals surface area contributed by atoms with E-state index >= 15 is 0 Å². The van der Waals surface area contributed by atoms with E-state index in [1.807, 2.05) is 28.9 Å². The number of amides is 2. The van der Waals surface area contributed by atoms with Crippen LogP contribution in [-0.4, -0.2) is 65.4 Å². The van der Waals surface area contributed by atoms with Crippen LogP contribution in [0, 0.1) is 6.92 Å². The lowest BCUT2D eigenvalue weighted by molar-refractivity contribution is -0.135. The fraction of sp³-hybridized carbons (Fsp3) is 0.562. The van der Waals surface area contributed by atoms with Crippen LogP contribution in [0.1, 0.15) is 28.9 Å². The molecule has 0 bridgehead atoms. The van der Waals surface area contributed by atoms with Gasteiger partial charge >= 0.3 is 0 Å². The van der Waals surface area contributed by atoms with E-state index < -0.39 is 0 Å². The van der Waals surface area contributed by atoms with Gasteiger partial charge in [0, 0.05) is 44.1 Å². The summed E-state index contributed by atoms with van der Waals surface area (Å²) in [5, 5.41) is 3.09. The first-order chi connectivity index (χ1) is 10.6. The van der Waals surface area contributed by atoms with Gasteiger partial charge in [0.15, 0.2) is 0 Å². The van der Waals surface area contributed by atoms with Crippen molar-refractivity contribution in [2.45, 2.75) is 25.8 Å². The summed E-state index contributed by atoms with van der Waals surface area (Å²) in [5.41, 5.74) is 1.53. The minimum Gasteiger partial charge on any atom is -0.337 e. The third-order valence-corrected chi connectivity index (χ3v) is 4.41. The van der Waals surface area contributed by atoms with Crippen LogP contribution in [0.25, 0.3) is 0 Å². The predicted octanol–water partition coefficient (Wildman–Crippen LogP) is 1.27. The second kappa shape index (κ2) is 9.20. The number of piperazine rings is 1.